The van der Waals surface area contributed by atoms with Crippen LogP contribution in [0, 0.1) is 0 Å². The number of hydrogen-bond acceptors (Lipinski definition) is 5. The van der Waals surface area contributed by atoms with Gasteiger partial charge in [-0.3, -0.25) is 0 Å². The van der Waals surface area contributed by atoms with Gasteiger partial charge < -0.3 is 15.5 Å². The quantitative estimate of drug-likeness (QED) is 0.744. The molecule has 16 heavy (non-hydrogen) atoms. The highest BCUT2D eigenvalue weighted by Gasteiger charge is 2.15. The molecule has 2 rings (SSSR count). The van der Waals surface area contributed by atoms with Crippen LogP contribution >= 0.6 is 11.5 Å². The van der Waals surface area contributed by atoms with Crippen molar-refractivity contribution < 1.29 is 15.0 Å². The van der Waals surface area contributed by atoms with E-state index in [2.05, 4.69) is 9.69 Å². The molecule has 6 heteroatoms. The number of aromatic nitrogens is 1. The number of aliphatic hydroxyl groups is 1. The van der Waals surface area contributed by atoms with E-state index in [1.54, 1.807) is 12.3 Å². The van der Waals surface area contributed by atoms with Crippen LogP contribution in [-0.2, 0) is 4.79 Å². The number of benzene rings is 1. The maximum absolute atomic E-state index is 10.7. The summed E-state index contributed by atoms with van der Waals surface area (Å²) in [5.74, 6) is -1.08. The van der Waals surface area contributed by atoms with Gasteiger partial charge >= 0.3 is 5.97 Å². The van der Waals surface area contributed by atoms with Crippen molar-refractivity contribution in [2.75, 3.05) is 11.9 Å². The minimum atomic E-state index is -1.08. The standard InChI is InChI=1S/C10H10N2O3S/c13-5-8(10(14)15)12-7-2-1-6-4-11-16-9(6)3-7/h1-4,8,12-13H,5H2,(H,14,15)/t8-/m0/s1. The number of carboxylic acids is 1. The molecule has 3 N–H and O–H groups in total. The third-order valence-electron chi connectivity index (χ3n) is 2.18. The van der Waals surface area contributed by atoms with Crippen molar-refractivity contribution in [3.63, 3.8) is 0 Å². The second kappa shape index (κ2) is 4.46. The third kappa shape index (κ3) is 2.12. The van der Waals surface area contributed by atoms with Gasteiger partial charge in [0.25, 0.3) is 0 Å². The zero-order valence-electron chi connectivity index (χ0n) is 8.25. The number of hydrogen-bond donors (Lipinski definition) is 3. The minimum absolute atomic E-state index is 0.448. The summed E-state index contributed by atoms with van der Waals surface area (Å²) in [6, 6.07) is 4.46. The molecule has 1 heterocycles. The molecular weight excluding hydrogens is 228 g/mol. The van der Waals surface area contributed by atoms with Crippen LogP contribution in [-0.4, -0.2) is 33.2 Å². The first-order valence-electron chi connectivity index (χ1n) is 4.65. The number of aliphatic carboxylic acids is 1. The van der Waals surface area contributed by atoms with Crippen molar-refractivity contribution in [3.05, 3.63) is 24.4 Å². The maximum Gasteiger partial charge on any atom is 0.328 e. The summed E-state index contributed by atoms with van der Waals surface area (Å²) in [5.41, 5.74) is 0.665. The molecule has 1 atom stereocenters. The van der Waals surface area contributed by atoms with Crippen molar-refractivity contribution in [2.45, 2.75) is 6.04 Å². The highest BCUT2D eigenvalue weighted by Crippen LogP contribution is 2.22. The molecule has 84 valence electrons. The first kappa shape index (κ1) is 10.8. The van der Waals surface area contributed by atoms with Crippen molar-refractivity contribution in [1.29, 1.82) is 0 Å². The number of carbonyl (C=O) groups is 1. The zero-order chi connectivity index (χ0) is 11.5. The summed E-state index contributed by atoms with van der Waals surface area (Å²) in [7, 11) is 0. The van der Waals surface area contributed by atoms with Gasteiger partial charge in [0.1, 0.15) is 6.04 Å². The van der Waals surface area contributed by atoms with Gasteiger partial charge in [0.05, 0.1) is 11.3 Å². The Bertz CT molecular complexity index is 511. The second-order valence-electron chi connectivity index (χ2n) is 3.30. The van der Waals surface area contributed by atoms with E-state index in [4.69, 9.17) is 10.2 Å². The van der Waals surface area contributed by atoms with Gasteiger partial charge in [-0.25, -0.2) is 4.79 Å². The number of nitrogens with zero attached hydrogens (tertiary/aromatic N) is 1. The number of nitrogens with one attached hydrogen (secondary N) is 1. The molecule has 0 fully saturated rings. The summed E-state index contributed by atoms with van der Waals surface area (Å²) in [6.45, 7) is -0.448. The van der Waals surface area contributed by atoms with Crippen molar-refractivity contribution >= 4 is 33.3 Å². The summed E-state index contributed by atoms with van der Waals surface area (Å²) in [6.07, 6.45) is 1.75. The molecule has 0 saturated carbocycles. The molecule has 0 spiro atoms. The number of fused-ring (bicyclic) bond motifs is 1. The average molecular weight is 238 g/mol. The van der Waals surface area contributed by atoms with Crippen molar-refractivity contribution in [2.24, 2.45) is 0 Å². The molecule has 0 radical (unpaired) electrons. The molecule has 0 bridgehead atoms. The Morgan fingerprint density at radius 2 is 2.38 bits per heavy atom. The Morgan fingerprint density at radius 3 is 3.06 bits per heavy atom. The highest BCUT2D eigenvalue weighted by atomic mass is 32.1. The number of aliphatic hydroxyl groups excluding tert-OH is 1. The lowest BCUT2D eigenvalue weighted by molar-refractivity contribution is -0.138. The van der Waals surface area contributed by atoms with Crippen LogP contribution in [0.3, 0.4) is 0 Å². The van der Waals surface area contributed by atoms with Crippen molar-refractivity contribution in [3.8, 4) is 0 Å². The van der Waals surface area contributed by atoms with Gasteiger partial charge in [-0.2, -0.15) is 4.37 Å². The molecule has 1 aromatic heterocycles. The predicted molar refractivity (Wildman–Crippen MR) is 61.8 cm³/mol. The average Bonchev–Trinajstić information content (AvgIpc) is 2.72. The van der Waals surface area contributed by atoms with Gasteiger partial charge in [0.2, 0.25) is 0 Å². The molecule has 0 aliphatic heterocycles. The number of anilines is 1. The van der Waals surface area contributed by atoms with Crippen LogP contribution in [0.25, 0.3) is 10.1 Å². The van der Waals surface area contributed by atoms with Gasteiger partial charge in [-0.15, -0.1) is 0 Å². The Labute approximate surface area is 95.5 Å². The minimum Gasteiger partial charge on any atom is -0.480 e. The topological polar surface area (TPSA) is 82.5 Å². The van der Waals surface area contributed by atoms with Gasteiger partial charge in [0, 0.05) is 17.3 Å². The highest BCUT2D eigenvalue weighted by molar-refractivity contribution is 7.13. The smallest absolute Gasteiger partial charge is 0.328 e. The number of rotatable bonds is 4. The molecule has 5 nitrogen and oxygen atoms in total. The normalized spacial score (nSPS) is 12.6. The van der Waals surface area contributed by atoms with Gasteiger partial charge in [-0.1, -0.05) is 0 Å². The van der Waals surface area contributed by atoms with E-state index in [0.29, 0.717) is 5.69 Å². The Morgan fingerprint density at radius 1 is 1.56 bits per heavy atom. The van der Waals surface area contributed by atoms with Crippen LogP contribution in [0.5, 0.6) is 0 Å². The van der Waals surface area contributed by atoms with Crippen LogP contribution in [0.2, 0.25) is 0 Å². The van der Waals surface area contributed by atoms with Crippen molar-refractivity contribution in [1.82, 2.24) is 4.37 Å². The summed E-state index contributed by atoms with van der Waals surface area (Å²) >= 11 is 1.34. The largest absolute Gasteiger partial charge is 0.480 e. The second-order valence-corrected chi connectivity index (χ2v) is 4.13. The van der Waals surface area contributed by atoms with E-state index >= 15 is 0 Å². The Balaban J connectivity index is 2.23. The predicted octanol–water partition coefficient (Wildman–Crippen LogP) is 1.15. The molecule has 0 aliphatic rings. The summed E-state index contributed by atoms with van der Waals surface area (Å²) < 4.78 is 5.00. The molecule has 0 aliphatic carbocycles. The SMILES string of the molecule is O=C(O)[C@H](CO)Nc1ccc2cnsc2c1. The van der Waals surface area contributed by atoms with E-state index < -0.39 is 18.6 Å². The number of carboxylic acid groups (broad SMARTS) is 1. The monoisotopic (exact) mass is 238 g/mol. The van der Waals surface area contributed by atoms with Crippen LogP contribution < -0.4 is 5.32 Å². The van der Waals surface area contributed by atoms with E-state index in [1.165, 1.54) is 11.5 Å². The van der Waals surface area contributed by atoms with E-state index in [9.17, 15) is 4.79 Å². The molecule has 0 saturated heterocycles. The van der Waals surface area contributed by atoms with E-state index in [1.807, 2.05) is 12.1 Å². The van der Waals surface area contributed by atoms with E-state index in [0.717, 1.165) is 10.1 Å². The molecule has 1 aromatic carbocycles. The van der Waals surface area contributed by atoms with Crippen LogP contribution in [0.15, 0.2) is 24.4 Å². The summed E-state index contributed by atoms with van der Waals surface area (Å²) in [5, 5.41) is 21.4. The third-order valence-corrected chi connectivity index (χ3v) is 2.94. The molecular formula is C10H10N2O3S. The first-order chi connectivity index (χ1) is 7.70. The molecule has 2 aromatic rings. The Hall–Kier alpha value is -1.66. The lowest BCUT2D eigenvalue weighted by Crippen LogP contribution is -2.32. The zero-order valence-corrected chi connectivity index (χ0v) is 9.07. The van der Waals surface area contributed by atoms with Crippen LogP contribution in [0.4, 0.5) is 5.69 Å². The maximum atomic E-state index is 10.7. The Kier molecular flexibility index (Phi) is 3.02. The van der Waals surface area contributed by atoms with Gasteiger partial charge in [-0.05, 0) is 29.7 Å². The summed E-state index contributed by atoms with van der Waals surface area (Å²) in [4.78, 5) is 10.7. The first-order valence-corrected chi connectivity index (χ1v) is 5.42. The van der Waals surface area contributed by atoms with Crippen LogP contribution in [0.1, 0.15) is 0 Å². The molecule has 0 unspecified atom stereocenters. The fourth-order valence-electron chi connectivity index (χ4n) is 1.34. The lowest BCUT2D eigenvalue weighted by Gasteiger charge is -2.12. The fourth-order valence-corrected chi connectivity index (χ4v) is 2.02. The molecule has 0 amide bonds. The fraction of sp³-hybridized carbons (Fsp3) is 0.200. The van der Waals surface area contributed by atoms with Gasteiger partial charge in [0.15, 0.2) is 0 Å². The lowest BCUT2D eigenvalue weighted by atomic mass is 10.2. The van der Waals surface area contributed by atoms with E-state index in [-0.39, 0.29) is 0 Å².